The van der Waals surface area contributed by atoms with Crippen molar-refractivity contribution >= 4 is 46.3 Å². The molecule has 1 heterocycles. The van der Waals surface area contributed by atoms with E-state index in [1.54, 1.807) is 42.5 Å². The van der Waals surface area contributed by atoms with E-state index in [0.717, 1.165) is 22.2 Å². The maximum absolute atomic E-state index is 12.9. The summed E-state index contributed by atoms with van der Waals surface area (Å²) in [5.74, 6) is -0.156. The molecular formula is C27H23N3O7S. The fourth-order valence-electron chi connectivity index (χ4n) is 3.61. The molecule has 0 aliphatic carbocycles. The zero-order valence-corrected chi connectivity index (χ0v) is 21.3. The minimum absolute atomic E-state index is 0.0789. The highest BCUT2D eigenvalue weighted by Crippen LogP contribution is 2.35. The summed E-state index contributed by atoms with van der Waals surface area (Å²) in [6.07, 6.45) is 1.55. The molecule has 3 aromatic rings. The molecule has 0 bridgehead atoms. The predicted octanol–water partition coefficient (Wildman–Crippen LogP) is 5.17. The highest BCUT2D eigenvalue weighted by atomic mass is 32.2. The number of amides is 3. The number of hydrogen-bond acceptors (Lipinski definition) is 8. The molecule has 1 saturated heterocycles. The Bertz CT molecular complexity index is 1440. The van der Waals surface area contributed by atoms with Crippen LogP contribution < -0.4 is 14.8 Å². The highest BCUT2D eigenvalue weighted by molar-refractivity contribution is 8.18. The Hall–Kier alpha value is -4.64. The van der Waals surface area contributed by atoms with E-state index in [-0.39, 0.29) is 29.7 Å². The largest absolute Gasteiger partial charge is 0.493 e. The number of imide groups is 1. The van der Waals surface area contributed by atoms with Gasteiger partial charge in [0.1, 0.15) is 0 Å². The third-order valence-electron chi connectivity index (χ3n) is 5.52. The summed E-state index contributed by atoms with van der Waals surface area (Å²) in [6.45, 7) is 1.64. The molecule has 0 atom stereocenters. The van der Waals surface area contributed by atoms with Crippen LogP contribution in [-0.4, -0.2) is 40.6 Å². The van der Waals surface area contributed by atoms with Crippen molar-refractivity contribution in [2.24, 2.45) is 0 Å². The van der Waals surface area contributed by atoms with Crippen molar-refractivity contribution in [3.8, 4) is 11.5 Å². The average molecular weight is 534 g/mol. The lowest BCUT2D eigenvalue weighted by Gasteiger charge is -2.12. The number of ether oxygens (including phenoxy) is 2. The second-order valence-electron chi connectivity index (χ2n) is 8.31. The molecule has 10 nitrogen and oxygen atoms in total. The number of nitrogens with one attached hydrogen (secondary N) is 1. The Balaban J connectivity index is 1.42. The van der Waals surface area contributed by atoms with Gasteiger partial charge in [-0.2, -0.15) is 0 Å². The molecule has 0 aromatic heterocycles. The van der Waals surface area contributed by atoms with Crippen molar-refractivity contribution in [1.82, 2.24) is 4.90 Å². The number of benzene rings is 3. The summed E-state index contributed by atoms with van der Waals surface area (Å²) in [6, 6.07) is 18.1. The average Bonchev–Trinajstić information content (AvgIpc) is 3.16. The normalized spacial score (nSPS) is 14.1. The molecule has 38 heavy (non-hydrogen) atoms. The van der Waals surface area contributed by atoms with Gasteiger partial charge in [-0.05, 0) is 60.2 Å². The number of methoxy groups -OCH3 is 1. The molecule has 194 valence electrons. The van der Waals surface area contributed by atoms with E-state index in [0.29, 0.717) is 28.3 Å². The Labute approximate surface area is 222 Å². The van der Waals surface area contributed by atoms with Crippen molar-refractivity contribution in [3.05, 3.63) is 98.4 Å². The molecule has 0 radical (unpaired) electrons. The molecule has 3 amide bonds. The number of nitro groups is 1. The third-order valence-corrected chi connectivity index (χ3v) is 6.42. The van der Waals surface area contributed by atoms with Gasteiger partial charge in [-0.15, -0.1) is 0 Å². The van der Waals surface area contributed by atoms with Gasteiger partial charge in [0, 0.05) is 17.8 Å². The Kier molecular flexibility index (Phi) is 8.07. The molecule has 0 saturated carbocycles. The molecule has 11 heteroatoms. The number of nitro benzene ring substituents is 1. The van der Waals surface area contributed by atoms with Crippen LogP contribution in [0.2, 0.25) is 0 Å². The van der Waals surface area contributed by atoms with E-state index >= 15 is 0 Å². The number of carbonyl (C=O) groups is 3. The topological polar surface area (TPSA) is 128 Å². The number of thioether (sulfide) groups is 1. The van der Waals surface area contributed by atoms with Gasteiger partial charge in [0.25, 0.3) is 22.7 Å². The first-order valence-electron chi connectivity index (χ1n) is 11.4. The Morgan fingerprint density at radius 1 is 1.08 bits per heavy atom. The summed E-state index contributed by atoms with van der Waals surface area (Å²) >= 11 is 0.780. The molecular weight excluding hydrogens is 510 g/mol. The SMILES string of the molecule is COc1cc(C=C2SC(=O)N(Cc3cccc([N+](=O)[O-])c3)C2=O)ccc1OCC(=O)Nc1ccc(C)cc1. The second-order valence-corrected chi connectivity index (χ2v) is 9.30. The number of non-ortho nitro benzene ring substituents is 1. The van der Waals surface area contributed by atoms with Crippen LogP contribution in [0.1, 0.15) is 16.7 Å². The van der Waals surface area contributed by atoms with Crippen LogP contribution in [0.3, 0.4) is 0 Å². The number of carbonyl (C=O) groups excluding carboxylic acids is 3. The van der Waals surface area contributed by atoms with Crippen molar-refractivity contribution < 1.29 is 28.8 Å². The van der Waals surface area contributed by atoms with E-state index in [9.17, 15) is 24.5 Å². The number of anilines is 1. The first-order valence-corrected chi connectivity index (χ1v) is 12.2. The third kappa shape index (κ3) is 6.37. The first kappa shape index (κ1) is 26.4. The molecule has 4 rings (SSSR count). The van der Waals surface area contributed by atoms with Gasteiger partial charge < -0.3 is 14.8 Å². The lowest BCUT2D eigenvalue weighted by Crippen LogP contribution is -2.27. The predicted molar refractivity (Wildman–Crippen MR) is 143 cm³/mol. The van der Waals surface area contributed by atoms with E-state index in [2.05, 4.69) is 5.32 Å². The minimum atomic E-state index is -0.533. The van der Waals surface area contributed by atoms with E-state index in [1.165, 1.54) is 25.3 Å². The molecule has 1 aliphatic heterocycles. The van der Waals surface area contributed by atoms with Crippen molar-refractivity contribution in [3.63, 3.8) is 0 Å². The van der Waals surface area contributed by atoms with Crippen molar-refractivity contribution in [2.45, 2.75) is 13.5 Å². The quantitative estimate of drug-likeness (QED) is 0.227. The summed E-state index contributed by atoms with van der Waals surface area (Å²) in [5, 5.41) is 13.3. The van der Waals surface area contributed by atoms with Gasteiger partial charge >= 0.3 is 0 Å². The second kappa shape index (κ2) is 11.6. The van der Waals surface area contributed by atoms with Crippen LogP contribution in [0, 0.1) is 17.0 Å². The summed E-state index contributed by atoms with van der Waals surface area (Å²) < 4.78 is 11.0. The molecule has 1 aliphatic rings. The standard InChI is InChI=1S/C27H23N3O7S/c1-17-6-9-20(10-7-17)28-25(31)16-37-22-11-8-18(13-23(22)36-2)14-24-26(32)29(27(33)38-24)15-19-4-3-5-21(12-19)30(34)35/h3-14H,15-16H2,1-2H3,(H,28,31). The highest BCUT2D eigenvalue weighted by Gasteiger charge is 2.35. The lowest BCUT2D eigenvalue weighted by atomic mass is 10.1. The van der Waals surface area contributed by atoms with E-state index in [1.807, 2.05) is 19.1 Å². The maximum Gasteiger partial charge on any atom is 0.293 e. The number of nitrogens with zero attached hydrogens (tertiary/aromatic N) is 2. The van der Waals surface area contributed by atoms with E-state index in [4.69, 9.17) is 9.47 Å². The van der Waals surface area contributed by atoms with Crippen molar-refractivity contribution in [1.29, 1.82) is 0 Å². The number of aryl methyl sites for hydroxylation is 1. The van der Waals surface area contributed by atoms with Crippen LogP contribution in [0.15, 0.2) is 71.6 Å². The van der Waals surface area contributed by atoms with Crippen LogP contribution in [-0.2, 0) is 16.1 Å². The van der Waals surface area contributed by atoms with Crippen LogP contribution in [0.5, 0.6) is 11.5 Å². The summed E-state index contributed by atoms with van der Waals surface area (Å²) in [5.41, 5.74) is 2.67. The zero-order valence-electron chi connectivity index (χ0n) is 20.5. The van der Waals surface area contributed by atoms with Gasteiger partial charge in [0.2, 0.25) is 0 Å². The fraction of sp³-hybridized carbons (Fsp3) is 0.148. The monoisotopic (exact) mass is 533 g/mol. The number of rotatable bonds is 9. The molecule has 1 fully saturated rings. The summed E-state index contributed by atoms with van der Waals surface area (Å²) in [4.78, 5) is 49.4. The molecule has 0 spiro atoms. The minimum Gasteiger partial charge on any atom is -0.493 e. The van der Waals surface area contributed by atoms with Gasteiger partial charge in [0.05, 0.1) is 23.5 Å². The van der Waals surface area contributed by atoms with Gasteiger partial charge in [-0.25, -0.2) is 0 Å². The Morgan fingerprint density at radius 2 is 1.84 bits per heavy atom. The number of hydrogen-bond donors (Lipinski definition) is 1. The van der Waals surface area contributed by atoms with Gasteiger partial charge in [-0.3, -0.25) is 29.4 Å². The Morgan fingerprint density at radius 3 is 2.55 bits per heavy atom. The van der Waals surface area contributed by atoms with Crippen LogP contribution >= 0.6 is 11.8 Å². The van der Waals surface area contributed by atoms with Crippen LogP contribution in [0.4, 0.5) is 16.2 Å². The smallest absolute Gasteiger partial charge is 0.293 e. The zero-order chi connectivity index (χ0) is 27.2. The lowest BCUT2D eigenvalue weighted by molar-refractivity contribution is -0.384. The van der Waals surface area contributed by atoms with Crippen LogP contribution in [0.25, 0.3) is 6.08 Å². The first-order chi connectivity index (χ1) is 18.2. The fourth-order valence-corrected chi connectivity index (χ4v) is 4.45. The molecule has 0 unspecified atom stereocenters. The summed E-state index contributed by atoms with van der Waals surface area (Å²) in [7, 11) is 1.45. The van der Waals surface area contributed by atoms with Crippen molar-refractivity contribution in [2.75, 3.05) is 19.0 Å². The van der Waals surface area contributed by atoms with Gasteiger partial charge in [-0.1, -0.05) is 35.9 Å². The maximum atomic E-state index is 12.9. The molecule has 1 N–H and O–H groups in total. The van der Waals surface area contributed by atoms with E-state index < -0.39 is 16.1 Å². The molecule has 3 aromatic carbocycles. The van der Waals surface area contributed by atoms with Gasteiger partial charge in [0.15, 0.2) is 18.1 Å².